The maximum atomic E-state index is 12.0. The van der Waals surface area contributed by atoms with Crippen LogP contribution in [0.25, 0.3) is 0 Å². The smallest absolute Gasteiger partial charge is 0.250 e. The highest BCUT2D eigenvalue weighted by Crippen LogP contribution is 2.36. The fourth-order valence-corrected chi connectivity index (χ4v) is 3.06. The molecule has 0 aliphatic carbocycles. The zero-order valence-corrected chi connectivity index (χ0v) is 14.4. The number of aliphatic hydroxyl groups excluding tert-OH is 2. The van der Waals surface area contributed by atoms with Crippen LogP contribution >= 0.6 is 0 Å². The van der Waals surface area contributed by atoms with Crippen molar-refractivity contribution in [2.45, 2.75) is 58.5 Å². The number of hydrazone groups is 1. The summed E-state index contributed by atoms with van der Waals surface area (Å²) in [6.07, 6.45) is 1.30. The van der Waals surface area contributed by atoms with E-state index >= 15 is 0 Å². The van der Waals surface area contributed by atoms with Gasteiger partial charge in [-0.3, -0.25) is 4.79 Å². The van der Waals surface area contributed by atoms with E-state index in [0.717, 1.165) is 5.71 Å². The molecule has 1 aliphatic rings. The number of nitrogens with zero attached hydrogens (tertiary/aromatic N) is 2. The number of carbonyl (C=O) groups excluding carboxylic acids is 1. The van der Waals surface area contributed by atoms with E-state index in [0.29, 0.717) is 12.8 Å². The molecule has 1 saturated heterocycles. The number of piperidine rings is 1. The van der Waals surface area contributed by atoms with E-state index in [-0.39, 0.29) is 11.1 Å². The van der Waals surface area contributed by atoms with Crippen LogP contribution in [0, 0.1) is 5.41 Å². The first kappa shape index (κ1) is 19.0. The predicted molar refractivity (Wildman–Crippen MR) is 84.1 cm³/mol. The van der Waals surface area contributed by atoms with Gasteiger partial charge in [-0.15, -0.1) is 0 Å². The average molecular weight is 315 g/mol. The lowest BCUT2D eigenvalue weighted by molar-refractivity contribution is -0.249. The Morgan fingerprint density at radius 3 is 2.09 bits per heavy atom. The van der Waals surface area contributed by atoms with Crippen molar-refractivity contribution in [3.05, 3.63) is 0 Å². The van der Waals surface area contributed by atoms with Crippen LogP contribution in [-0.4, -0.2) is 58.3 Å². The number of rotatable bonds is 5. The van der Waals surface area contributed by atoms with E-state index in [9.17, 15) is 15.0 Å². The molecule has 1 heterocycles. The molecule has 22 heavy (non-hydrogen) atoms. The number of hydrogen-bond acceptors (Lipinski definition) is 6. The molecule has 0 atom stereocenters. The number of amides is 1. The topological polar surface area (TPSA) is 94.4 Å². The lowest BCUT2D eigenvalue weighted by Gasteiger charge is -2.50. The number of nitrogens with one attached hydrogen (secondary N) is 1. The normalized spacial score (nSPS) is 21.5. The molecule has 1 amide bonds. The van der Waals surface area contributed by atoms with E-state index in [4.69, 9.17) is 4.84 Å². The van der Waals surface area contributed by atoms with Crippen molar-refractivity contribution in [2.24, 2.45) is 10.5 Å². The molecule has 0 unspecified atom stereocenters. The van der Waals surface area contributed by atoms with Crippen LogP contribution in [-0.2, 0) is 9.63 Å². The van der Waals surface area contributed by atoms with Crippen LogP contribution in [0.3, 0.4) is 0 Å². The highest BCUT2D eigenvalue weighted by atomic mass is 16.7. The Bertz CT molecular complexity index is 422. The van der Waals surface area contributed by atoms with E-state index in [2.05, 4.69) is 38.2 Å². The van der Waals surface area contributed by atoms with Gasteiger partial charge in [-0.2, -0.15) is 10.2 Å². The number of aliphatic hydroxyl groups is 2. The fraction of sp³-hybridized carbons (Fsp3) is 0.867. The molecular weight excluding hydrogens is 286 g/mol. The third kappa shape index (κ3) is 3.84. The van der Waals surface area contributed by atoms with Crippen LogP contribution in [0.4, 0.5) is 0 Å². The third-order valence-corrected chi connectivity index (χ3v) is 4.12. The molecule has 7 heteroatoms. The second-order valence-electron chi connectivity index (χ2n) is 7.45. The Hall–Kier alpha value is -1.02. The van der Waals surface area contributed by atoms with Crippen molar-refractivity contribution in [1.29, 1.82) is 0 Å². The first-order valence-electron chi connectivity index (χ1n) is 7.44. The molecule has 0 aromatic rings. The van der Waals surface area contributed by atoms with Crippen molar-refractivity contribution in [3.63, 3.8) is 0 Å². The van der Waals surface area contributed by atoms with Crippen molar-refractivity contribution in [2.75, 3.05) is 20.3 Å². The highest BCUT2D eigenvalue weighted by Gasteiger charge is 2.45. The van der Waals surface area contributed by atoms with Gasteiger partial charge in [-0.05, 0) is 34.6 Å². The van der Waals surface area contributed by atoms with Gasteiger partial charge in [0.15, 0.2) is 0 Å². The molecule has 1 fully saturated rings. The minimum Gasteiger partial charge on any atom is -0.395 e. The van der Waals surface area contributed by atoms with E-state index in [1.165, 1.54) is 6.92 Å². The van der Waals surface area contributed by atoms with Crippen LogP contribution in [0.1, 0.15) is 47.5 Å². The number of hydroxylamine groups is 2. The van der Waals surface area contributed by atoms with Crippen molar-refractivity contribution in [3.8, 4) is 0 Å². The Kier molecular flexibility index (Phi) is 5.72. The monoisotopic (exact) mass is 315 g/mol. The Morgan fingerprint density at radius 2 is 1.73 bits per heavy atom. The first-order valence-corrected chi connectivity index (χ1v) is 7.44. The van der Waals surface area contributed by atoms with Crippen molar-refractivity contribution < 1.29 is 19.8 Å². The van der Waals surface area contributed by atoms with Gasteiger partial charge >= 0.3 is 0 Å². The number of carbonyl (C=O) groups is 1. The summed E-state index contributed by atoms with van der Waals surface area (Å²) in [6.45, 7) is 8.84. The summed E-state index contributed by atoms with van der Waals surface area (Å²) in [6, 6.07) is 0. The van der Waals surface area contributed by atoms with Crippen molar-refractivity contribution >= 4 is 11.6 Å². The maximum Gasteiger partial charge on any atom is 0.250 e. The Labute approximate surface area is 132 Å². The lowest BCUT2D eigenvalue weighted by Crippen LogP contribution is -2.60. The minimum absolute atomic E-state index is 0.253. The highest BCUT2D eigenvalue weighted by molar-refractivity contribution is 5.89. The fourth-order valence-electron chi connectivity index (χ4n) is 3.06. The van der Waals surface area contributed by atoms with Gasteiger partial charge in [0.1, 0.15) is 0 Å². The van der Waals surface area contributed by atoms with Gasteiger partial charge in [0.2, 0.25) is 0 Å². The summed E-state index contributed by atoms with van der Waals surface area (Å²) in [5, 5.41) is 24.6. The summed E-state index contributed by atoms with van der Waals surface area (Å²) < 4.78 is 0. The summed E-state index contributed by atoms with van der Waals surface area (Å²) >= 11 is 0. The van der Waals surface area contributed by atoms with Gasteiger partial charge in [0.25, 0.3) is 5.91 Å². The first-order chi connectivity index (χ1) is 10.0. The summed E-state index contributed by atoms with van der Waals surface area (Å²) in [4.78, 5) is 17.5. The summed E-state index contributed by atoms with van der Waals surface area (Å²) in [7, 11) is 1.65. The van der Waals surface area contributed by atoms with Gasteiger partial charge in [-0.25, -0.2) is 5.43 Å². The van der Waals surface area contributed by atoms with Crippen LogP contribution in [0.5, 0.6) is 0 Å². The molecule has 0 radical (unpaired) electrons. The SMILES string of the molecule is CON1C(C)(C)CC(=NNC(=O)C(C)(CO)CO)CC1(C)C. The molecule has 3 N–H and O–H groups in total. The van der Waals surface area contributed by atoms with Gasteiger partial charge in [0, 0.05) is 29.6 Å². The molecule has 0 bridgehead atoms. The zero-order valence-electron chi connectivity index (χ0n) is 14.4. The third-order valence-electron chi connectivity index (χ3n) is 4.12. The zero-order chi connectivity index (χ0) is 17.2. The molecular formula is C15H29N3O4. The molecule has 1 aliphatic heterocycles. The van der Waals surface area contributed by atoms with Crippen LogP contribution in [0.2, 0.25) is 0 Å². The molecule has 0 spiro atoms. The molecule has 7 nitrogen and oxygen atoms in total. The van der Waals surface area contributed by atoms with Crippen LogP contribution in [0.15, 0.2) is 5.10 Å². The van der Waals surface area contributed by atoms with Gasteiger partial charge in [-0.1, -0.05) is 0 Å². The summed E-state index contributed by atoms with van der Waals surface area (Å²) in [5.74, 6) is -0.491. The molecule has 0 aromatic heterocycles. The van der Waals surface area contributed by atoms with Crippen molar-refractivity contribution in [1.82, 2.24) is 10.5 Å². The molecule has 128 valence electrons. The van der Waals surface area contributed by atoms with Crippen LogP contribution < -0.4 is 5.43 Å². The van der Waals surface area contributed by atoms with Gasteiger partial charge in [0.05, 0.1) is 25.7 Å². The largest absolute Gasteiger partial charge is 0.395 e. The quantitative estimate of drug-likeness (QED) is 0.648. The molecule has 0 saturated carbocycles. The standard InChI is InChI=1S/C15H29N3O4/c1-13(2)7-11(8-14(3,4)18(13)22-6)16-17-12(21)15(5,9-19)10-20/h19-20H,7-10H2,1-6H3,(H,17,21). The maximum absolute atomic E-state index is 12.0. The Morgan fingerprint density at radius 1 is 1.27 bits per heavy atom. The number of hydrogen-bond donors (Lipinski definition) is 3. The lowest BCUT2D eigenvalue weighted by atomic mass is 9.81. The second kappa shape index (κ2) is 6.62. The predicted octanol–water partition coefficient (Wildman–Crippen LogP) is 0.664. The van der Waals surface area contributed by atoms with E-state index in [1.54, 1.807) is 7.11 Å². The molecule has 1 rings (SSSR count). The molecule has 0 aromatic carbocycles. The second-order valence-corrected chi connectivity index (χ2v) is 7.45. The average Bonchev–Trinajstić information content (AvgIpc) is 2.41. The van der Waals surface area contributed by atoms with E-state index in [1.807, 2.05) is 5.06 Å². The minimum atomic E-state index is -1.23. The summed E-state index contributed by atoms with van der Waals surface area (Å²) in [5.41, 5.74) is 1.59. The Balaban J connectivity index is 2.89. The van der Waals surface area contributed by atoms with E-state index < -0.39 is 24.5 Å². The van der Waals surface area contributed by atoms with Gasteiger partial charge < -0.3 is 15.1 Å².